The first-order valence-electron chi connectivity index (χ1n) is 7.50. The largest absolute Gasteiger partial charge is 0.354 e. The van der Waals surface area contributed by atoms with E-state index in [1.807, 2.05) is 36.4 Å². The van der Waals surface area contributed by atoms with Crippen LogP contribution in [0.5, 0.6) is 0 Å². The predicted octanol–water partition coefficient (Wildman–Crippen LogP) is 4.42. The van der Waals surface area contributed by atoms with E-state index < -0.39 is 0 Å². The monoisotopic (exact) mass is 301 g/mol. The second-order valence-corrected chi connectivity index (χ2v) is 6.30. The zero-order chi connectivity index (χ0) is 14.8. The highest BCUT2D eigenvalue weighted by atomic mass is 35.5. The van der Waals surface area contributed by atoms with Crippen molar-refractivity contribution in [3.63, 3.8) is 0 Å². The number of rotatable bonds is 2. The molecule has 4 heteroatoms. The molecule has 2 aromatic rings. The molecule has 0 bridgehead atoms. The topological polar surface area (TPSA) is 29.0 Å². The van der Waals surface area contributed by atoms with Crippen molar-refractivity contribution in [3.8, 4) is 11.4 Å². The molecule has 0 N–H and O–H groups in total. The second-order valence-electron chi connectivity index (χ2n) is 5.91. The van der Waals surface area contributed by atoms with Crippen LogP contribution < -0.4 is 4.90 Å². The Morgan fingerprint density at radius 2 is 1.90 bits per heavy atom. The van der Waals surface area contributed by atoms with Gasteiger partial charge in [0.25, 0.3) is 0 Å². The molecule has 2 atom stereocenters. The van der Waals surface area contributed by atoms with Crippen molar-refractivity contribution in [2.45, 2.75) is 32.7 Å². The Hall–Kier alpha value is -1.61. The molecule has 1 saturated heterocycles. The Balaban J connectivity index is 1.95. The number of hydrogen-bond acceptors (Lipinski definition) is 3. The van der Waals surface area contributed by atoms with Gasteiger partial charge in [0.2, 0.25) is 0 Å². The fourth-order valence-corrected chi connectivity index (χ4v) is 3.19. The summed E-state index contributed by atoms with van der Waals surface area (Å²) in [5.74, 6) is 2.42. The quantitative estimate of drug-likeness (QED) is 0.769. The van der Waals surface area contributed by atoms with Crippen molar-refractivity contribution < 1.29 is 0 Å². The Kier molecular flexibility index (Phi) is 4.11. The van der Waals surface area contributed by atoms with Crippen molar-refractivity contribution in [1.29, 1.82) is 0 Å². The third kappa shape index (κ3) is 3.18. The molecule has 2 unspecified atom stereocenters. The van der Waals surface area contributed by atoms with Gasteiger partial charge in [0, 0.05) is 24.2 Å². The van der Waals surface area contributed by atoms with E-state index in [1.54, 1.807) is 0 Å². The number of aromatic nitrogens is 2. The minimum atomic E-state index is 0.489. The Bertz CT molecular complexity index is 615. The van der Waals surface area contributed by atoms with E-state index >= 15 is 0 Å². The maximum atomic E-state index is 6.22. The molecule has 110 valence electrons. The smallest absolute Gasteiger partial charge is 0.163 e. The average molecular weight is 302 g/mol. The van der Waals surface area contributed by atoms with Gasteiger partial charge in [-0.25, -0.2) is 9.97 Å². The third-order valence-electron chi connectivity index (χ3n) is 4.15. The van der Waals surface area contributed by atoms with Gasteiger partial charge in [0.05, 0.1) is 0 Å². The molecule has 1 aromatic heterocycles. The van der Waals surface area contributed by atoms with Crippen LogP contribution in [-0.2, 0) is 0 Å². The molecule has 0 aliphatic carbocycles. The first-order chi connectivity index (χ1) is 10.1. The summed E-state index contributed by atoms with van der Waals surface area (Å²) in [6.07, 6.45) is 2.40. The Morgan fingerprint density at radius 3 is 2.62 bits per heavy atom. The molecule has 21 heavy (non-hydrogen) atoms. The molecule has 0 spiro atoms. The fraction of sp³-hybridized carbons (Fsp3) is 0.412. The summed E-state index contributed by atoms with van der Waals surface area (Å²) < 4.78 is 0. The number of anilines is 1. The molecule has 3 rings (SSSR count). The minimum Gasteiger partial charge on any atom is -0.354 e. The molecule has 1 aliphatic rings. The summed E-state index contributed by atoms with van der Waals surface area (Å²) in [4.78, 5) is 11.4. The van der Waals surface area contributed by atoms with E-state index in [0.29, 0.717) is 17.0 Å². The predicted molar refractivity (Wildman–Crippen MR) is 87.7 cm³/mol. The number of nitrogens with zero attached hydrogens (tertiary/aromatic N) is 3. The summed E-state index contributed by atoms with van der Waals surface area (Å²) in [5.41, 5.74) is 0.999. The molecule has 2 heterocycles. The lowest BCUT2D eigenvalue weighted by molar-refractivity contribution is 0.376. The summed E-state index contributed by atoms with van der Waals surface area (Å²) in [6.45, 7) is 5.61. The molecule has 3 nitrogen and oxygen atoms in total. The number of benzene rings is 1. The highest BCUT2D eigenvalue weighted by molar-refractivity contribution is 6.29. The van der Waals surface area contributed by atoms with Crippen molar-refractivity contribution in [1.82, 2.24) is 9.97 Å². The van der Waals surface area contributed by atoms with Gasteiger partial charge in [-0.15, -0.1) is 0 Å². The van der Waals surface area contributed by atoms with E-state index in [1.165, 1.54) is 12.8 Å². The number of piperidine rings is 1. The zero-order valence-electron chi connectivity index (χ0n) is 12.5. The summed E-state index contributed by atoms with van der Waals surface area (Å²) in [6, 6.07) is 12.4. The first kappa shape index (κ1) is 14.3. The van der Waals surface area contributed by atoms with E-state index in [9.17, 15) is 0 Å². The van der Waals surface area contributed by atoms with Crippen LogP contribution in [0.1, 0.15) is 26.7 Å². The average Bonchev–Trinajstić information content (AvgIpc) is 2.47. The number of halogens is 1. The van der Waals surface area contributed by atoms with E-state index in [4.69, 9.17) is 16.6 Å². The molecule has 0 amide bonds. The van der Waals surface area contributed by atoms with Gasteiger partial charge in [-0.1, -0.05) is 48.9 Å². The second kappa shape index (κ2) is 6.02. The van der Waals surface area contributed by atoms with Crippen LogP contribution in [0.25, 0.3) is 11.4 Å². The van der Waals surface area contributed by atoms with Crippen molar-refractivity contribution in [2.24, 2.45) is 5.92 Å². The Morgan fingerprint density at radius 1 is 1.14 bits per heavy atom. The SMILES string of the molecule is CC1CCN(c2cc(Cl)nc(-c3ccccc3)n2)C(C)C1. The van der Waals surface area contributed by atoms with Crippen LogP contribution in [0.2, 0.25) is 5.15 Å². The lowest BCUT2D eigenvalue weighted by Crippen LogP contribution is -2.40. The van der Waals surface area contributed by atoms with Gasteiger partial charge >= 0.3 is 0 Å². The van der Waals surface area contributed by atoms with Crippen molar-refractivity contribution >= 4 is 17.4 Å². The maximum Gasteiger partial charge on any atom is 0.163 e. The van der Waals surface area contributed by atoms with Crippen LogP contribution in [0.15, 0.2) is 36.4 Å². The van der Waals surface area contributed by atoms with Gasteiger partial charge < -0.3 is 4.90 Å². The molecule has 1 aromatic carbocycles. The summed E-state index contributed by atoms with van der Waals surface area (Å²) in [7, 11) is 0. The molecule has 1 aliphatic heterocycles. The van der Waals surface area contributed by atoms with E-state index in [2.05, 4.69) is 23.7 Å². The van der Waals surface area contributed by atoms with Gasteiger partial charge in [-0.05, 0) is 25.7 Å². The van der Waals surface area contributed by atoms with E-state index in [-0.39, 0.29) is 0 Å². The van der Waals surface area contributed by atoms with Crippen molar-refractivity contribution in [2.75, 3.05) is 11.4 Å². The highest BCUT2D eigenvalue weighted by Crippen LogP contribution is 2.29. The zero-order valence-corrected chi connectivity index (χ0v) is 13.2. The summed E-state index contributed by atoms with van der Waals surface area (Å²) >= 11 is 6.22. The van der Waals surface area contributed by atoms with Gasteiger partial charge in [-0.3, -0.25) is 0 Å². The van der Waals surface area contributed by atoms with Crippen LogP contribution >= 0.6 is 11.6 Å². The van der Waals surface area contributed by atoms with Crippen molar-refractivity contribution in [3.05, 3.63) is 41.6 Å². The normalized spacial score (nSPS) is 22.3. The summed E-state index contributed by atoms with van der Waals surface area (Å²) in [5, 5.41) is 0.504. The fourth-order valence-electron chi connectivity index (χ4n) is 3.02. The molecular formula is C17H20ClN3. The third-order valence-corrected chi connectivity index (χ3v) is 4.34. The minimum absolute atomic E-state index is 0.489. The van der Waals surface area contributed by atoms with Gasteiger partial charge in [0.1, 0.15) is 11.0 Å². The maximum absolute atomic E-state index is 6.22. The van der Waals surface area contributed by atoms with Crippen LogP contribution in [0.3, 0.4) is 0 Å². The molecule has 0 radical (unpaired) electrons. The van der Waals surface area contributed by atoms with Crippen LogP contribution in [0, 0.1) is 5.92 Å². The van der Waals surface area contributed by atoms with Crippen LogP contribution in [-0.4, -0.2) is 22.6 Å². The molecular weight excluding hydrogens is 282 g/mol. The lowest BCUT2D eigenvalue weighted by Gasteiger charge is -2.37. The standard InChI is InChI=1S/C17H20ClN3/c1-12-8-9-21(13(2)10-12)16-11-15(18)19-17(20-16)14-6-4-3-5-7-14/h3-7,11-13H,8-10H2,1-2H3. The molecule has 0 saturated carbocycles. The van der Waals surface area contributed by atoms with Crippen LogP contribution in [0.4, 0.5) is 5.82 Å². The van der Waals surface area contributed by atoms with Gasteiger partial charge in [-0.2, -0.15) is 0 Å². The lowest BCUT2D eigenvalue weighted by atomic mass is 9.93. The van der Waals surface area contributed by atoms with E-state index in [0.717, 1.165) is 23.8 Å². The first-order valence-corrected chi connectivity index (χ1v) is 7.88. The highest BCUT2D eigenvalue weighted by Gasteiger charge is 2.24. The molecule has 1 fully saturated rings. The number of hydrogen-bond donors (Lipinski definition) is 0. The Labute approximate surface area is 131 Å². The van der Waals surface area contributed by atoms with Gasteiger partial charge in [0.15, 0.2) is 5.82 Å².